The maximum absolute atomic E-state index is 12.9. The van der Waals surface area contributed by atoms with E-state index in [9.17, 15) is 4.79 Å². The van der Waals surface area contributed by atoms with Crippen LogP contribution >= 0.6 is 34.3 Å². The summed E-state index contributed by atoms with van der Waals surface area (Å²) >= 11 is 9.03. The van der Waals surface area contributed by atoms with Gasteiger partial charge in [-0.3, -0.25) is 4.79 Å². The molecule has 4 nitrogen and oxygen atoms in total. The second-order valence-electron chi connectivity index (χ2n) is 6.04. The highest BCUT2D eigenvalue weighted by Crippen LogP contribution is 2.35. The smallest absolute Gasteiger partial charge is 0.273 e. The van der Waals surface area contributed by atoms with Gasteiger partial charge in [-0.25, -0.2) is 4.98 Å². The molecule has 0 saturated carbocycles. The molecule has 134 valence electrons. The fraction of sp³-hybridized carbons (Fsp3) is 0.263. The van der Waals surface area contributed by atoms with Gasteiger partial charge in [0.15, 0.2) is 0 Å². The molecule has 0 radical (unpaired) electrons. The second-order valence-corrected chi connectivity index (χ2v) is 8.40. The molecule has 0 bridgehead atoms. The molecule has 0 aliphatic carbocycles. The molecular weight excluding hydrogens is 388 g/mol. The Balaban J connectivity index is 1.42. The normalized spacial score (nSPS) is 16.8. The van der Waals surface area contributed by atoms with Crippen molar-refractivity contribution in [1.82, 2.24) is 9.88 Å². The molecule has 1 atom stereocenters. The predicted molar refractivity (Wildman–Crippen MR) is 105 cm³/mol. The lowest BCUT2D eigenvalue weighted by Gasteiger charge is -2.22. The number of nitrogens with zero attached hydrogens (tertiary/aromatic N) is 2. The summed E-state index contributed by atoms with van der Waals surface area (Å²) < 4.78 is 5.71. The van der Waals surface area contributed by atoms with Gasteiger partial charge in [-0.1, -0.05) is 17.7 Å². The monoisotopic (exact) mass is 404 g/mol. The van der Waals surface area contributed by atoms with Crippen LogP contribution in [0.15, 0.2) is 47.2 Å². The molecule has 1 amide bonds. The van der Waals surface area contributed by atoms with Crippen molar-refractivity contribution in [3.05, 3.63) is 67.8 Å². The van der Waals surface area contributed by atoms with Crippen molar-refractivity contribution in [2.24, 2.45) is 0 Å². The molecule has 26 heavy (non-hydrogen) atoms. The summed E-state index contributed by atoms with van der Waals surface area (Å²) in [7, 11) is 0. The van der Waals surface area contributed by atoms with E-state index in [1.807, 2.05) is 28.5 Å². The molecule has 0 spiro atoms. The van der Waals surface area contributed by atoms with Crippen LogP contribution in [0.25, 0.3) is 0 Å². The minimum Gasteiger partial charge on any atom is -0.486 e. The number of thiophene rings is 1. The Morgan fingerprint density at radius 3 is 2.88 bits per heavy atom. The van der Waals surface area contributed by atoms with Crippen LogP contribution < -0.4 is 4.74 Å². The number of benzene rings is 1. The fourth-order valence-corrected chi connectivity index (χ4v) is 4.76. The molecule has 1 saturated heterocycles. The average molecular weight is 405 g/mol. The third kappa shape index (κ3) is 3.77. The number of amides is 1. The number of carbonyl (C=O) groups is 1. The zero-order chi connectivity index (χ0) is 17.9. The maximum atomic E-state index is 12.9. The number of ether oxygens (including phenoxy) is 1. The van der Waals surface area contributed by atoms with Gasteiger partial charge in [0.2, 0.25) is 0 Å². The van der Waals surface area contributed by atoms with Gasteiger partial charge in [0, 0.05) is 21.8 Å². The average Bonchev–Trinajstić information content (AvgIpc) is 3.41. The van der Waals surface area contributed by atoms with Crippen molar-refractivity contribution in [3.63, 3.8) is 0 Å². The Kier molecular flexibility index (Phi) is 5.24. The molecule has 1 unspecified atom stereocenters. The van der Waals surface area contributed by atoms with Crippen LogP contribution in [-0.2, 0) is 6.61 Å². The van der Waals surface area contributed by atoms with E-state index in [0.717, 1.165) is 30.1 Å². The SMILES string of the molecule is O=C(c1csc(COc2ccc(Cl)cc2)n1)N1CCCC1c1cccs1. The van der Waals surface area contributed by atoms with E-state index >= 15 is 0 Å². The lowest BCUT2D eigenvalue weighted by molar-refractivity contribution is 0.0732. The van der Waals surface area contributed by atoms with Gasteiger partial charge < -0.3 is 9.64 Å². The zero-order valence-corrected chi connectivity index (χ0v) is 16.3. The van der Waals surface area contributed by atoms with Crippen LogP contribution in [0.2, 0.25) is 5.02 Å². The second kappa shape index (κ2) is 7.78. The van der Waals surface area contributed by atoms with E-state index < -0.39 is 0 Å². The van der Waals surface area contributed by atoms with E-state index in [1.54, 1.807) is 23.5 Å². The summed E-state index contributed by atoms with van der Waals surface area (Å²) in [6, 6.07) is 11.5. The molecule has 2 aromatic heterocycles. The van der Waals surface area contributed by atoms with Crippen molar-refractivity contribution < 1.29 is 9.53 Å². The van der Waals surface area contributed by atoms with Crippen molar-refractivity contribution >= 4 is 40.2 Å². The van der Waals surface area contributed by atoms with Crippen LogP contribution in [0.3, 0.4) is 0 Å². The van der Waals surface area contributed by atoms with Crippen molar-refractivity contribution in [1.29, 1.82) is 0 Å². The van der Waals surface area contributed by atoms with Gasteiger partial charge in [0.1, 0.15) is 23.1 Å². The van der Waals surface area contributed by atoms with E-state index in [4.69, 9.17) is 16.3 Å². The summed E-state index contributed by atoms with van der Waals surface area (Å²) in [6.45, 7) is 1.13. The molecular formula is C19H17ClN2O2S2. The molecule has 3 aromatic rings. The number of hydrogen-bond donors (Lipinski definition) is 0. The Hall–Kier alpha value is -1.89. The summed E-state index contributed by atoms with van der Waals surface area (Å²) in [5.41, 5.74) is 0.508. The number of halogens is 1. The Labute approximate surface area is 165 Å². The summed E-state index contributed by atoms with van der Waals surface area (Å²) in [6.07, 6.45) is 2.05. The Morgan fingerprint density at radius 1 is 1.27 bits per heavy atom. The molecule has 3 heterocycles. The molecule has 0 N–H and O–H groups in total. The topological polar surface area (TPSA) is 42.4 Å². The summed E-state index contributed by atoms with van der Waals surface area (Å²) in [5.74, 6) is 0.740. The first kappa shape index (κ1) is 17.5. The first-order valence-corrected chi connectivity index (χ1v) is 10.5. The first-order valence-electron chi connectivity index (χ1n) is 8.38. The van der Waals surface area contributed by atoms with E-state index in [-0.39, 0.29) is 11.9 Å². The number of thiazole rings is 1. The van der Waals surface area contributed by atoms with Crippen LogP contribution in [0.4, 0.5) is 0 Å². The number of hydrogen-bond acceptors (Lipinski definition) is 5. The first-order chi connectivity index (χ1) is 12.7. The zero-order valence-electron chi connectivity index (χ0n) is 13.9. The number of likely N-dealkylation sites (tertiary alicyclic amines) is 1. The highest BCUT2D eigenvalue weighted by atomic mass is 35.5. The van der Waals surface area contributed by atoms with Gasteiger partial charge in [0.05, 0.1) is 6.04 Å². The Morgan fingerprint density at radius 2 is 2.12 bits per heavy atom. The minimum absolute atomic E-state index is 0.00916. The van der Waals surface area contributed by atoms with Gasteiger partial charge in [0.25, 0.3) is 5.91 Å². The van der Waals surface area contributed by atoms with E-state index in [0.29, 0.717) is 17.3 Å². The molecule has 1 aliphatic heterocycles. The predicted octanol–water partition coefficient (Wildman–Crippen LogP) is 5.41. The van der Waals surface area contributed by atoms with Crippen molar-refractivity contribution in [3.8, 4) is 5.75 Å². The molecule has 1 fully saturated rings. The molecule has 4 rings (SSSR count). The third-order valence-electron chi connectivity index (χ3n) is 4.33. The van der Waals surface area contributed by atoms with Crippen LogP contribution in [0.1, 0.15) is 39.3 Å². The van der Waals surface area contributed by atoms with E-state index in [1.165, 1.54) is 16.2 Å². The highest BCUT2D eigenvalue weighted by molar-refractivity contribution is 7.10. The molecule has 7 heteroatoms. The van der Waals surface area contributed by atoms with Crippen LogP contribution in [0.5, 0.6) is 5.75 Å². The van der Waals surface area contributed by atoms with Crippen molar-refractivity contribution in [2.45, 2.75) is 25.5 Å². The number of rotatable bonds is 5. The lowest BCUT2D eigenvalue weighted by Crippen LogP contribution is -2.30. The molecule has 1 aliphatic rings. The standard InChI is InChI=1S/C19H17ClN2O2S2/c20-13-5-7-14(8-6-13)24-11-18-21-15(12-26-18)19(23)22-9-1-3-16(22)17-4-2-10-25-17/h2,4-8,10,12,16H,1,3,9,11H2. The minimum atomic E-state index is 0.00916. The van der Waals surface area contributed by atoms with Crippen LogP contribution in [-0.4, -0.2) is 22.3 Å². The van der Waals surface area contributed by atoms with Crippen molar-refractivity contribution in [2.75, 3.05) is 6.54 Å². The molecule has 1 aromatic carbocycles. The summed E-state index contributed by atoms with van der Waals surface area (Å²) in [4.78, 5) is 20.6. The Bertz CT molecular complexity index is 877. The van der Waals surface area contributed by atoms with Gasteiger partial charge >= 0.3 is 0 Å². The quantitative estimate of drug-likeness (QED) is 0.570. The van der Waals surface area contributed by atoms with Gasteiger partial charge in [-0.05, 0) is 48.6 Å². The fourth-order valence-electron chi connectivity index (χ4n) is 3.08. The largest absolute Gasteiger partial charge is 0.486 e. The lowest BCUT2D eigenvalue weighted by atomic mass is 10.2. The van der Waals surface area contributed by atoms with Gasteiger partial charge in [-0.2, -0.15) is 0 Å². The van der Waals surface area contributed by atoms with Gasteiger partial charge in [-0.15, -0.1) is 22.7 Å². The maximum Gasteiger partial charge on any atom is 0.273 e. The summed E-state index contributed by atoms with van der Waals surface area (Å²) in [5, 5.41) is 5.35. The van der Waals surface area contributed by atoms with Crippen LogP contribution in [0, 0.1) is 0 Å². The number of carbonyl (C=O) groups excluding carboxylic acids is 1. The number of aromatic nitrogens is 1. The highest BCUT2D eigenvalue weighted by Gasteiger charge is 2.32. The van der Waals surface area contributed by atoms with E-state index in [2.05, 4.69) is 16.4 Å². The third-order valence-corrected chi connectivity index (χ3v) is 6.38.